The van der Waals surface area contributed by atoms with Crippen LogP contribution in [-0.2, 0) is 11.3 Å². The molecule has 2 aromatic heterocycles. The smallest absolute Gasteiger partial charge is 0.277 e. The van der Waals surface area contributed by atoms with Crippen LogP contribution in [-0.4, -0.2) is 65.7 Å². The van der Waals surface area contributed by atoms with E-state index >= 15 is 0 Å². The summed E-state index contributed by atoms with van der Waals surface area (Å²) < 4.78 is 24.5. The molecule has 1 aliphatic rings. The van der Waals surface area contributed by atoms with Crippen LogP contribution in [0.3, 0.4) is 0 Å². The molecule has 1 aromatic carbocycles. The third-order valence-electron chi connectivity index (χ3n) is 5.71. The van der Waals surface area contributed by atoms with Gasteiger partial charge in [-0.1, -0.05) is 6.07 Å². The highest BCUT2D eigenvalue weighted by Gasteiger charge is 2.22. The third-order valence-corrected chi connectivity index (χ3v) is 5.71. The molecule has 170 valence electrons. The number of hydrogen-bond acceptors (Lipinski definition) is 7. The molecule has 10 heteroatoms. The number of aromatic nitrogens is 2. The van der Waals surface area contributed by atoms with Crippen LogP contribution in [0.15, 0.2) is 27.4 Å². The highest BCUT2D eigenvalue weighted by Crippen LogP contribution is 2.28. The molecule has 9 nitrogen and oxygen atoms in total. The molecule has 0 atom stereocenters. The summed E-state index contributed by atoms with van der Waals surface area (Å²) in [6, 6.07) is 4.98. The lowest BCUT2D eigenvalue weighted by Gasteiger charge is -2.34. The quantitative estimate of drug-likeness (QED) is 0.601. The van der Waals surface area contributed by atoms with Crippen molar-refractivity contribution in [3.05, 3.63) is 51.4 Å². The highest BCUT2D eigenvalue weighted by molar-refractivity contribution is 6.01. The standard InChI is InChI=1S/C22H26FN5O4/c1-13-19-14(2)32-22(20(19)21(30)26-25-13)24-18(29)12-28-8-6-27(7-9-28)11-15-4-5-17(31-3)16(23)10-15/h4-5,10H,6-9,11-12H2,1-3H3,(H,24,29)(H,26,30). The van der Waals surface area contributed by atoms with E-state index < -0.39 is 5.56 Å². The number of piperazine rings is 1. The lowest BCUT2D eigenvalue weighted by molar-refractivity contribution is -0.117. The molecule has 0 radical (unpaired) electrons. The maximum atomic E-state index is 13.9. The minimum atomic E-state index is -0.402. The molecule has 32 heavy (non-hydrogen) atoms. The largest absolute Gasteiger partial charge is 0.494 e. The van der Waals surface area contributed by atoms with Gasteiger partial charge in [-0.25, -0.2) is 9.49 Å². The summed E-state index contributed by atoms with van der Waals surface area (Å²) >= 11 is 0. The van der Waals surface area contributed by atoms with Crippen molar-refractivity contribution in [1.29, 1.82) is 0 Å². The molecular formula is C22H26FN5O4. The fourth-order valence-corrected chi connectivity index (χ4v) is 4.07. The minimum Gasteiger partial charge on any atom is -0.494 e. The van der Waals surface area contributed by atoms with Crippen LogP contribution in [0, 0.1) is 19.7 Å². The first-order valence-corrected chi connectivity index (χ1v) is 10.4. The second-order valence-electron chi connectivity index (χ2n) is 7.94. The molecule has 2 N–H and O–H groups in total. The Labute approximate surface area is 184 Å². The number of amides is 1. The molecule has 3 aromatic rings. The zero-order valence-corrected chi connectivity index (χ0v) is 18.3. The van der Waals surface area contributed by atoms with Crippen molar-refractivity contribution in [2.75, 3.05) is 45.2 Å². The van der Waals surface area contributed by atoms with E-state index in [1.54, 1.807) is 19.9 Å². The topological polar surface area (TPSA) is 104 Å². The van der Waals surface area contributed by atoms with Gasteiger partial charge in [0.2, 0.25) is 11.8 Å². The van der Waals surface area contributed by atoms with E-state index in [4.69, 9.17) is 9.15 Å². The maximum Gasteiger partial charge on any atom is 0.277 e. The SMILES string of the molecule is COc1ccc(CN2CCN(CC(=O)Nc3oc(C)c4c(C)n[nH]c(=O)c34)CC2)cc1F. The summed E-state index contributed by atoms with van der Waals surface area (Å²) in [5.41, 5.74) is 1.11. The van der Waals surface area contributed by atoms with E-state index in [1.165, 1.54) is 13.2 Å². The van der Waals surface area contributed by atoms with Gasteiger partial charge in [-0.05, 0) is 31.5 Å². The lowest BCUT2D eigenvalue weighted by atomic mass is 10.2. The number of rotatable bonds is 6. The normalized spacial score (nSPS) is 15.2. The fourth-order valence-electron chi connectivity index (χ4n) is 4.07. The predicted octanol–water partition coefficient (Wildman–Crippen LogP) is 2.04. The maximum absolute atomic E-state index is 13.9. The zero-order chi connectivity index (χ0) is 22.8. The number of benzene rings is 1. The van der Waals surface area contributed by atoms with Gasteiger partial charge >= 0.3 is 0 Å². The summed E-state index contributed by atoms with van der Waals surface area (Å²) in [6.45, 7) is 7.25. The number of furan rings is 1. The summed E-state index contributed by atoms with van der Waals surface area (Å²) in [4.78, 5) is 29.1. The van der Waals surface area contributed by atoms with Crippen molar-refractivity contribution >= 4 is 22.6 Å². The van der Waals surface area contributed by atoms with Gasteiger partial charge in [0.05, 0.1) is 24.7 Å². The van der Waals surface area contributed by atoms with E-state index in [1.807, 2.05) is 11.0 Å². The number of aromatic amines is 1. The molecule has 0 saturated carbocycles. The average Bonchev–Trinajstić information content (AvgIpc) is 3.09. The molecule has 0 aliphatic carbocycles. The van der Waals surface area contributed by atoms with Crippen molar-refractivity contribution in [2.45, 2.75) is 20.4 Å². The Morgan fingerprint density at radius 3 is 2.62 bits per heavy atom. The van der Waals surface area contributed by atoms with Crippen molar-refractivity contribution < 1.29 is 18.3 Å². The number of nitrogens with one attached hydrogen (secondary N) is 2. The van der Waals surface area contributed by atoms with Crippen molar-refractivity contribution in [3.8, 4) is 5.75 Å². The van der Waals surface area contributed by atoms with Gasteiger partial charge in [-0.2, -0.15) is 5.10 Å². The number of anilines is 1. The molecule has 1 aliphatic heterocycles. The van der Waals surface area contributed by atoms with Crippen molar-refractivity contribution in [2.24, 2.45) is 0 Å². The molecule has 0 spiro atoms. The van der Waals surface area contributed by atoms with E-state index in [2.05, 4.69) is 20.4 Å². The minimum absolute atomic E-state index is 0.148. The van der Waals surface area contributed by atoms with Gasteiger partial charge in [-0.3, -0.25) is 24.7 Å². The number of carbonyl (C=O) groups is 1. The van der Waals surface area contributed by atoms with Gasteiger partial charge in [0.1, 0.15) is 11.1 Å². The van der Waals surface area contributed by atoms with Crippen LogP contribution >= 0.6 is 0 Å². The van der Waals surface area contributed by atoms with E-state index in [0.29, 0.717) is 41.9 Å². The molecule has 0 unspecified atom stereocenters. The van der Waals surface area contributed by atoms with Crippen LogP contribution in [0.5, 0.6) is 5.75 Å². The number of ether oxygens (including phenoxy) is 1. The van der Waals surface area contributed by atoms with Crippen LogP contribution in [0.2, 0.25) is 0 Å². The number of methoxy groups -OCH3 is 1. The van der Waals surface area contributed by atoms with Crippen LogP contribution in [0.1, 0.15) is 17.0 Å². The second-order valence-corrected chi connectivity index (χ2v) is 7.94. The van der Waals surface area contributed by atoms with E-state index in [9.17, 15) is 14.0 Å². The average molecular weight is 443 g/mol. The Morgan fingerprint density at radius 1 is 1.22 bits per heavy atom. The van der Waals surface area contributed by atoms with Gasteiger partial charge < -0.3 is 9.15 Å². The fraction of sp³-hybridized carbons (Fsp3) is 0.409. The van der Waals surface area contributed by atoms with Crippen LogP contribution in [0.25, 0.3) is 10.8 Å². The number of fused-ring (bicyclic) bond motifs is 1. The van der Waals surface area contributed by atoms with Gasteiger partial charge in [0.15, 0.2) is 11.6 Å². The second kappa shape index (κ2) is 9.09. The summed E-state index contributed by atoms with van der Waals surface area (Å²) in [7, 11) is 1.44. The van der Waals surface area contributed by atoms with E-state index in [-0.39, 0.29) is 29.9 Å². The summed E-state index contributed by atoms with van der Waals surface area (Å²) in [6.07, 6.45) is 0. The lowest BCUT2D eigenvalue weighted by Crippen LogP contribution is -2.48. The Morgan fingerprint density at radius 2 is 1.94 bits per heavy atom. The first kappa shape index (κ1) is 22.0. The Balaban J connectivity index is 1.32. The van der Waals surface area contributed by atoms with Crippen molar-refractivity contribution in [3.63, 3.8) is 0 Å². The number of carbonyl (C=O) groups excluding carboxylic acids is 1. The van der Waals surface area contributed by atoms with Gasteiger partial charge in [0.25, 0.3) is 5.56 Å². The molecule has 1 fully saturated rings. The first-order chi connectivity index (χ1) is 15.4. The highest BCUT2D eigenvalue weighted by atomic mass is 19.1. The number of aryl methyl sites for hydroxylation is 2. The van der Waals surface area contributed by atoms with Crippen LogP contribution < -0.4 is 15.6 Å². The Kier molecular flexibility index (Phi) is 6.24. The molecule has 4 rings (SSSR count). The monoisotopic (exact) mass is 443 g/mol. The van der Waals surface area contributed by atoms with Crippen LogP contribution in [0.4, 0.5) is 10.3 Å². The predicted molar refractivity (Wildman–Crippen MR) is 117 cm³/mol. The third kappa shape index (κ3) is 4.51. The zero-order valence-electron chi connectivity index (χ0n) is 18.3. The molecular weight excluding hydrogens is 417 g/mol. The number of halogens is 1. The van der Waals surface area contributed by atoms with Gasteiger partial charge in [-0.15, -0.1) is 0 Å². The number of hydrogen-bond donors (Lipinski definition) is 2. The molecule has 0 bridgehead atoms. The number of H-pyrrole nitrogens is 1. The molecule has 1 amide bonds. The van der Waals surface area contributed by atoms with Gasteiger partial charge in [0, 0.05) is 32.7 Å². The summed E-state index contributed by atoms with van der Waals surface area (Å²) in [5, 5.41) is 10.0. The Bertz CT molecular complexity index is 1200. The molecule has 1 saturated heterocycles. The summed E-state index contributed by atoms with van der Waals surface area (Å²) in [5.74, 6) is 0.299. The van der Waals surface area contributed by atoms with Crippen molar-refractivity contribution in [1.82, 2.24) is 20.0 Å². The Hall–Kier alpha value is -3.24. The first-order valence-electron chi connectivity index (χ1n) is 10.4. The molecule has 3 heterocycles. The number of nitrogens with zero attached hydrogens (tertiary/aromatic N) is 3. The van der Waals surface area contributed by atoms with E-state index in [0.717, 1.165) is 18.7 Å².